The Bertz CT molecular complexity index is 409. The molecule has 4 heteroatoms. The van der Waals surface area contributed by atoms with E-state index in [1.165, 1.54) is 11.9 Å². The van der Waals surface area contributed by atoms with Crippen molar-refractivity contribution in [2.75, 3.05) is 0 Å². The van der Waals surface area contributed by atoms with E-state index < -0.39 is 0 Å². The minimum Gasteiger partial charge on any atom is -0.223 e. The van der Waals surface area contributed by atoms with Crippen molar-refractivity contribution in [3.05, 3.63) is 40.9 Å². The van der Waals surface area contributed by atoms with E-state index in [0.717, 1.165) is 10.2 Å². The van der Waals surface area contributed by atoms with Gasteiger partial charge in [-0.05, 0) is 30.7 Å². The van der Waals surface area contributed by atoms with Gasteiger partial charge in [0.25, 0.3) is 0 Å². The number of hydrogen-bond donors (Lipinski definition) is 0. The molecule has 1 aromatic heterocycles. The summed E-state index contributed by atoms with van der Waals surface area (Å²) in [5.41, 5.74) is 2.22. The highest BCUT2D eigenvalue weighted by Gasteiger charge is 2.00. The maximum atomic E-state index is 4.07. The maximum absolute atomic E-state index is 4.07. The molecule has 3 nitrogen and oxygen atoms in total. The molecule has 0 bridgehead atoms. The molecule has 0 aliphatic rings. The molecule has 0 aliphatic heterocycles. The number of benzene rings is 1. The second-order valence-electron chi connectivity index (χ2n) is 2.77. The monoisotopic (exact) mass is 237 g/mol. The normalized spacial score (nSPS) is 10.3. The topological polar surface area (TPSA) is 30.7 Å². The Morgan fingerprint density at radius 2 is 2.23 bits per heavy atom. The van der Waals surface area contributed by atoms with Crippen LogP contribution in [0.25, 0.3) is 5.69 Å². The third-order valence-corrected chi connectivity index (χ3v) is 2.32. The van der Waals surface area contributed by atoms with E-state index in [4.69, 9.17) is 0 Å². The predicted octanol–water partition coefficient (Wildman–Crippen LogP) is 2.34. The number of aryl methyl sites for hydroxylation is 1. The number of rotatable bonds is 1. The first kappa shape index (κ1) is 8.44. The van der Waals surface area contributed by atoms with Gasteiger partial charge >= 0.3 is 0 Å². The van der Waals surface area contributed by atoms with Crippen molar-refractivity contribution in [2.45, 2.75) is 6.92 Å². The Morgan fingerprint density at radius 1 is 1.38 bits per heavy atom. The van der Waals surface area contributed by atoms with Gasteiger partial charge in [0.15, 0.2) is 0 Å². The molecule has 0 amide bonds. The Hall–Kier alpha value is -1.16. The van der Waals surface area contributed by atoms with Crippen molar-refractivity contribution in [1.82, 2.24) is 14.8 Å². The van der Waals surface area contributed by atoms with Crippen LogP contribution >= 0.6 is 15.9 Å². The van der Waals surface area contributed by atoms with E-state index in [1.54, 1.807) is 11.0 Å². The average molecular weight is 238 g/mol. The van der Waals surface area contributed by atoms with E-state index in [0.29, 0.717) is 0 Å². The highest BCUT2D eigenvalue weighted by molar-refractivity contribution is 9.10. The van der Waals surface area contributed by atoms with E-state index in [1.807, 2.05) is 19.1 Å². The molecule has 0 aliphatic carbocycles. The summed E-state index contributed by atoms with van der Waals surface area (Å²) in [4.78, 5) is 3.90. The molecule has 1 aromatic carbocycles. The Balaban J connectivity index is 2.53. The zero-order chi connectivity index (χ0) is 9.26. The highest BCUT2D eigenvalue weighted by Crippen LogP contribution is 2.17. The van der Waals surface area contributed by atoms with Gasteiger partial charge in [0.2, 0.25) is 0 Å². The highest BCUT2D eigenvalue weighted by atomic mass is 79.9. The van der Waals surface area contributed by atoms with Gasteiger partial charge in [-0.3, -0.25) is 0 Å². The first-order valence-electron chi connectivity index (χ1n) is 3.88. The van der Waals surface area contributed by atoms with Gasteiger partial charge in [-0.2, -0.15) is 5.10 Å². The molecule has 0 spiro atoms. The van der Waals surface area contributed by atoms with Crippen LogP contribution in [-0.4, -0.2) is 14.8 Å². The molecule has 0 saturated carbocycles. The molecule has 66 valence electrons. The third-order valence-electron chi connectivity index (χ3n) is 1.82. The lowest BCUT2D eigenvalue weighted by Crippen LogP contribution is -1.96. The number of aromatic nitrogens is 3. The predicted molar refractivity (Wildman–Crippen MR) is 53.8 cm³/mol. The lowest BCUT2D eigenvalue weighted by Gasteiger charge is -2.04. The van der Waals surface area contributed by atoms with Crippen LogP contribution in [0.15, 0.2) is 35.3 Å². The van der Waals surface area contributed by atoms with Crippen molar-refractivity contribution in [3.63, 3.8) is 0 Å². The second-order valence-corrected chi connectivity index (χ2v) is 3.69. The van der Waals surface area contributed by atoms with Crippen LogP contribution in [0.3, 0.4) is 0 Å². The van der Waals surface area contributed by atoms with Gasteiger partial charge in [0.05, 0.1) is 5.69 Å². The van der Waals surface area contributed by atoms with Gasteiger partial charge in [-0.1, -0.05) is 15.9 Å². The second kappa shape index (κ2) is 3.30. The summed E-state index contributed by atoms with van der Waals surface area (Å²) < 4.78 is 2.83. The third kappa shape index (κ3) is 1.62. The minimum absolute atomic E-state index is 1.06. The SMILES string of the molecule is Cc1cc(Br)ccc1-n1cncn1. The van der Waals surface area contributed by atoms with Crippen LogP contribution in [0, 0.1) is 6.92 Å². The smallest absolute Gasteiger partial charge is 0.138 e. The fourth-order valence-electron chi connectivity index (χ4n) is 1.21. The van der Waals surface area contributed by atoms with Crippen molar-refractivity contribution in [3.8, 4) is 5.69 Å². The summed E-state index contributed by atoms with van der Waals surface area (Å²) in [5, 5.41) is 4.07. The van der Waals surface area contributed by atoms with Gasteiger partial charge in [-0.25, -0.2) is 9.67 Å². The molecule has 1 heterocycles. The molecule has 0 saturated heterocycles. The molecule has 0 radical (unpaired) electrons. The molecular formula is C9H8BrN3. The van der Waals surface area contributed by atoms with Crippen molar-refractivity contribution in [2.24, 2.45) is 0 Å². The number of halogens is 1. The van der Waals surface area contributed by atoms with Gasteiger partial charge in [0, 0.05) is 4.47 Å². The Kier molecular flexibility index (Phi) is 2.14. The van der Waals surface area contributed by atoms with Crippen LogP contribution in [0.4, 0.5) is 0 Å². The Morgan fingerprint density at radius 3 is 2.85 bits per heavy atom. The molecule has 0 fully saturated rings. The van der Waals surface area contributed by atoms with Crippen molar-refractivity contribution in [1.29, 1.82) is 0 Å². The molecule has 13 heavy (non-hydrogen) atoms. The lowest BCUT2D eigenvalue weighted by molar-refractivity contribution is 0.871. The standard InChI is InChI=1S/C9H8BrN3/c1-7-4-8(10)2-3-9(7)13-6-11-5-12-13/h2-6H,1H3. The van der Waals surface area contributed by atoms with Crippen LogP contribution in [0.2, 0.25) is 0 Å². The molecule has 0 atom stereocenters. The molecule has 0 N–H and O–H groups in total. The quantitative estimate of drug-likeness (QED) is 0.763. The van der Waals surface area contributed by atoms with E-state index in [2.05, 4.69) is 32.1 Å². The van der Waals surface area contributed by atoms with Gasteiger partial charge in [0.1, 0.15) is 12.7 Å². The number of hydrogen-bond acceptors (Lipinski definition) is 2. The fourth-order valence-corrected chi connectivity index (χ4v) is 1.68. The summed E-state index contributed by atoms with van der Waals surface area (Å²) >= 11 is 3.41. The Labute approximate surface area is 84.5 Å². The van der Waals surface area contributed by atoms with E-state index in [9.17, 15) is 0 Å². The fraction of sp³-hybridized carbons (Fsp3) is 0.111. The van der Waals surface area contributed by atoms with E-state index in [-0.39, 0.29) is 0 Å². The van der Waals surface area contributed by atoms with Crippen LogP contribution < -0.4 is 0 Å². The van der Waals surface area contributed by atoms with Gasteiger partial charge in [-0.15, -0.1) is 0 Å². The number of nitrogens with zero attached hydrogens (tertiary/aromatic N) is 3. The molecule has 2 rings (SSSR count). The van der Waals surface area contributed by atoms with Crippen LogP contribution in [0.5, 0.6) is 0 Å². The van der Waals surface area contributed by atoms with E-state index >= 15 is 0 Å². The molecule has 0 unspecified atom stereocenters. The van der Waals surface area contributed by atoms with Crippen molar-refractivity contribution < 1.29 is 0 Å². The zero-order valence-corrected chi connectivity index (χ0v) is 8.69. The summed E-state index contributed by atoms with van der Waals surface area (Å²) in [7, 11) is 0. The van der Waals surface area contributed by atoms with Gasteiger partial charge < -0.3 is 0 Å². The lowest BCUT2D eigenvalue weighted by atomic mass is 10.2. The first-order valence-corrected chi connectivity index (χ1v) is 4.68. The van der Waals surface area contributed by atoms with Crippen molar-refractivity contribution >= 4 is 15.9 Å². The first-order chi connectivity index (χ1) is 6.27. The maximum Gasteiger partial charge on any atom is 0.138 e. The molecule has 2 aromatic rings. The average Bonchev–Trinajstić information content (AvgIpc) is 2.56. The van der Waals surface area contributed by atoms with Crippen LogP contribution in [0.1, 0.15) is 5.56 Å². The summed E-state index contributed by atoms with van der Waals surface area (Å²) in [6.45, 7) is 2.04. The molecular weight excluding hydrogens is 230 g/mol. The summed E-state index contributed by atoms with van der Waals surface area (Å²) in [6.07, 6.45) is 3.22. The minimum atomic E-state index is 1.06. The largest absolute Gasteiger partial charge is 0.223 e. The van der Waals surface area contributed by atoms with Crippen LogP contribution in [-0.2, 0) is 0 Å². The summed E-state index contributed by atoms with van der Waals surface area (Å²) in [6, 6.07) is 6.05. The summed E-state index contributed by atoms with van der Waals surface area (Å²) in [5.74, 6) is 0. The zero-order valence-electron chi connectivity index (χ0n) is 7.11.